The van der Waals surface area contributed by atoms with Crippen LogP contribution < -0.4 is 40.5 Å². The standard InChI is InChI=1S/C5H5NO.3ClH.Ti/c7-5-1-3-6-4-2-5;;;;/h1-4H,(H,6,7);3*1H;/q;;;;+4/p-4. The molecule has 0 radical (unpaired) electrons. The average Bonchev–Trinajstić information content (AvgIpc) is 1.90. The first kappa shape index (κ1) is 17.6. The minimum absolute atomic E-state index is 0. The second kappa shape index (κ2) is 10.5. The van der Waals surface area contributed by atoms with Gasteiger partial charge < -0.3 is 37.2 Å². The van der Waals surface area contributed by atoms with Gasteiger partial charge in [-0.05, 0) is 0 Å². The van der Waals surface area contributed by atoms with Crippen molar-refractivity contribution in [1.29, 1.82) is 0 Å². The van der Waals surface area contributed by atoms with Crippen LogP contribution in [-0.2, 0) is 20.8 Å². The molecule has 0 fully saturated rings. The fourth-order valence-corrected chi connectivity index (χ4v) is 0.619. The van der Waals surface area contributed by atoms with Gasteiger partial charge in [-0.25, -0.2) is 0 Å². The maximum absolute atomic E-state index is 4.87. The first-order valence-corrected chi connectivity index (χ1v) is 2.81. The molecule has 0 aliphatic rings. The summed E-state index contributed by atoms with van der Waals surface area (Å²) >= 11 is 1.63. The number of pyridine rings is 1. The van der Waals surface area contributed by atoms with Crippen molar-refractivity contribution in [3.05, 3.63) is 24.5 Å². The number of hydrogen-bond acceptors (Lipinski definition) is 2. The molecule has 1 heterocycles. The van der Waals surface area contributed by atoms with E-state index in [2.05, 4.69) is 4.98 Å². The third kappa shape index (κ3) is 6.91. The Bertz CT molecular complexity index is 163. The van der Waals surface area contributed by atoms with Crippen LogP contribution in [-0.4, -0.2) is 4.98 Å². The fraction of sp³-hybridized carbons (Fsp3) is 0. The molecule has 0 unspecified atom stereocenters. The predicted octanol–water partition coefficient (Wildman–Crippen LogP) is -8.07. The van der Waals surface area contributed by atoms with Crippen molar-refractivity contribution in [3.63, 3.8) is 0 Å². The van der Waals surface area contributed by atoms with E-state index in [0.29, 0.717) is 0 Å². The van der Waals surface area contributed by atoms with Crippen LogP contribution >= 0.6 is 0 Å². The Morgan fingerprint density at radius 2 is 1.55 bits per heavy atom. The summed E-state index contributed by atoms with van der Waals surface area (Å²) < 4.78 is 4.87. The van der Waals surface area contributed by atoms with Crippen molar-refractivity contribution >= 4 is 0 Å². The SMILES string of the molecule is [Cl-].[Cl-].[Cl-].[Ti+3][O]c1ccncc1. The molecule has 0 saturated heterocycles. The van der Waals surface area contributed by atoms with Crippen molar-refractivity contribution < 1.29 is 61.4 Å². The number of hydrogen-bond donors (Lipinski definition) is 0. The van der Waals surface area contributed by atoms with Gasteiger partial charge in [-0.1, -0.05) is 0 Å². The van der Waals surface area contributed by atoms with E-state index >= 15 is 0 Å². The van der Waals surface area contributed by atoms with Gasteiger partial charge in [-0.3, -0.25) is 0 Å². The van der Waals surface area contributed by atoms with Crippen molar-refractivity contribution in [2.24, 2.45) is 0 Å². The molecule has 0 atom stereocenters. The summed E-state index contributed by atoms with van der Waals surface area (Å²) in [5, 5.41) is 0. The molecule has 0 saturated carbocycles. The number of rotatable bonds is 1. The van der Waals surface area contributed by atoms with E-state index in [4.69, 9.17) is 3.32 Å². The van der Waals surface area contributed by atoms with Crippen LogP contribution in [0.3, 0.4) is 0 Å². The molecule has 1 aromatic rings. The first-order valence-electron chi connectivity index (χ1n) is 2.17. The third-order valence-electron chi connectivity index (χ3n) is 0.768. The number of halogens is 3. The molecule has 60 valence electrons. The summed E-state index contributed by atoms with van der Waals surface area (Å²) in [7, 11) is 0. The van der Waals surface area contributed by atoms with Crippen LogP contribution in [0.4, 0.5) is 0 Å². The molecule has 0 aliphatic carbocycles. The van der Waals surface area contributed by atoms with Gasteiger partial charge in [0, 0.05) is 0 Å². The van der Waals surface area contributed by atoms with Crippen molar-refractivity contribution in [1.82, 2.24) is 4.98 Å². The molecule has 0 aliphatic heterocycles. The quantitative estimate of drug-likeness (QED) is 0.461. The molecule has 11 heavy (non-hydrogen) atoms. The van der Waals surface area contributed by atoms with E-state index in [1.165, 1.54) is 0 Å². The van der Waals surface area contributed by atoms with Crippen molar-refractivity contribution in [3.8, 4) is 5.75 Å². The summed E-state index contributed by atoms with van der Waals surface area (Å²) in [5.74, 6) is 0.847. The molecule has 6 heteroatoms. The van der Waals surface area contributed by atoms with E-state index in [1.54, 1.807) is 45.4 Å². The van der Waals surface area contributed by atoms with Gasteiger partial charge in [0.2, 0.25) is 0 Å². The zero-order chi connectivity index (χ0) is 5.82. The summed E-state index contributed by atoms with van der Waals surface area (Å²) in [6.07, 6.45) is 3.39. The van der Waals surface area contributed by atoms with Crippen LogP contribution in [0.1, 0.15) is 0 Å². The summed E-state index contributed by atoms with van der Waals surface area (Å²) in [4.78, 5) is 3.81. The monoisotopic (exact) mass is 247 g/mol. The Kier molecular flexibility index (Phi) is 16.8. The number of nitrogens with zero attached hydrogens (tertiary/aromatic N) is 1. The van der Waals surface area contributed by atoms with Crippen molar-refractivity contribution in [2.45, 2.75) is 0 Å². The molecule has 1 rings (SSSR count). The predicted molar refractivity (Wildman–Crippen MR) is 24.9 cm³/mol. The minimum atomic E-state index is 0. The summed E-state index contributed by atoms with van der Waals surface area (Å²) in [6, 6.07) is 3.61. The van der Waals surface area contributed by atoms with Crippen LogP contribution in [0.25, 0.3) is 0 Å². The van der Waals surface area contributed by atoms with Crippen LogP contribution in [0.5, 0.6) is 5.75 Å². The topological polar surface area (TPSA) is 22.1 Å². The third-order valence-corrected chi connectivity index (χ3v) is 1.14. The molecule has 0 aromatic carbocycles. The molecule has 2 nitrogen and oxygen atoms in total. The van der Waals surface area contributed by atoms with Gasteiger partial charge in [0.1, 0.15) is 0 Å². The van der Waals surface area contributed by atoms with Gasteiger partial charge in [0.25, 0.3) is 0 Å². The van der Waals surface area contributed by atoms with Crippen LogP contribution in [0.15, 0.2) is 24.5 Å². The summed E-state index contributed by atoms with van der Waals surface area (Å²) in [6.45, 7) is 0. The zero-order valence-corrected chi connectivity index (χ0v) is 9.13. The van der Waals surface area contributed by atoms with Gasteiger partial charge in [-0.15, -0.1) is 0 Å². The Labute approximate surface area is 96.2 Å². The normalized spacial score (nSPS) is 6.36. The van der Waals surface area contributed by atoms with Crippen molar-refractivity contribution in [2.75, 3.05) is 0 Å². The molecular weight excluding hydrogens is 244 g/mol. The molecule has 0 N–H and O–H groups in total. The van der Waals surface area contributed by atoms with E-state index in [0.717, 1.165) is 5.75 Å². The van der Waals surface area contributed by atoms with Gasteiger partial charge >= 0.3 is 59.4 Å². The average molecular weight is 248 g/mol. The summed E-state index contributed by atoms with van der Waals surface area (Å²) in [5.41, 5.74) is 0. The number of aromatic nitrogens is 1. The van der Waals surface area contributed by atoms with Gasteiger partial charge in [0.15, 0.2) is 0 Å². The molecular formula is C5H4Cl3NOTi. The zero-order valence-electron chi connectivity index (χ0n) is 5.30. The van der Waals surface area contributed by atoms with Gasteiger partial charge in [-0.2, -0.15) is 0 Å². The second-order valence-corrected chi connectivity index (χ2v) is 1.60. The van der Waals surface area contributed by atoms with E-state index < -0.39 is 0 Å². The van der Waals surface area contributed by atoms with E-state index in [-0.39, 0.29) is 37.2 Å². The Morgan fingerprint density at radius 1 is 1.09 bits per heavy atom. The molecule has 0 bridgehead atoms. The Morgan fingerprint density at radius 3 is 1.82 bits per heavy atom. The van der Waals surface area contributed by atoms with E-state index in [1.807, 2.05) is 0 Å². The second-order valence-electron chi connectivity index (χ2n) is 1.28. The molecule has 0 amide bonds. The first-order chi connectivity index (χ1) is 3.93. The fourth-order valence-electron chi connectivity index (χ4n) is 0.406. The molecule has 1 aromatic heterocycles. The maximum atomic E-state index is 4.87. The van der Waals surface area contributed by atoms with Crippen LogP contribution in [0, 0.1) is 0 Å². The Balaban J connectivity index is -0.000000213. The van der Waals surface area contributed by atoms with Gasteiger partial charge in [0.05, 0.1) is 0 Å². The Hall–Kier alpha value is 0.534. The van der Waals surface area contributed by atoms with Crippen LogP contribution in [0.2, 0.25) is 0 Å². The molecule has 0 spiro atoms. The van der Waals surface area contributed by atoms with E-state index in [9.17, 15) is 0 Å².